The number of nitro groups is 2. The molecule has 0 unspecified atom stereocenters. The predicted octanol–water partition coefficient (Wildman–Crippen LogP) is 4.30. The number of nitrogens with one attached hydrogen (secondary N) is 2. The minimum absolute atomic E-state index is 0.202. The molecule has 178 valence electrons. The van der Waals surface area contributed by atoms with E-state index < -0.39 is 27.1 Å². The number of carbonyl (C=O) groups excluding carboxylic acids is 2. The van der Waals surface area contributed by atoms with Gasteiger partial charge in [-0.15, -0.1) is 0 Å². The maximum Gasteiger partial charge on any atom is 0.277 e. The lowest BCUT2D eigenvalue weighted by molar-refractivity contribution is -0.394. The highest BCUT2D eigenvalue weighted by atomic mass is 32.1. The van der Waals surface area contributed by atoms with Crippen molar-refractivity contribution in [2.75, 3.05) is 16.8 Å². The highest BCUT2D eigenvalue weighted by Crippen LogP contribution is 2.24. The number of para-hydroxylation sites is 2. The molecule has 0 fully saturated rings. The molecule has 11 nitrogen and oxygen atoms in total. The molecular weight excluding hydrogens is 474 g/mol. The van der Waals surface area contributed by atoms with Crippen molar-refractivity contribution in [2.24, 2.45) is 0 Å². The fourth-order valence-electron chi connectivity index (χ4n) is 3.24. The minimum atomic E-state index is -0.891. The van der Waals surface area contributed by atoms with Crippen molar-refractivity contribution in [1.82, 2.24) is 5.32 Å². The van der Waals surface area contributed by atoms with Crippen molar-refractivity contribution in [3.63, 3.8) is 0 Å². The first-order valence-electron chi connectivity index (χ1n) is 10.2. The van der Waals surface area contributed by atoms with Crippen LogP contribution in [0.3, 0.4) is 0 Å². The van der Waals surface area contributed by atoms with E-state index in [0.29, 0.717) is 23.5 Å². The number of non-ortho nitro benzene ring substituents is 2. The standard InChI is InChI=1S/C23H19N5O6S/c1-2-26(16-8-4-3-5-9-16)22(30)19-10-6-7-11-20(19)24-23(35)25-21(29)15-12-17(27(31)32)14-18(13-15)28(33)34/h3-14H,2H2,1H3,(H2,24,25,29,35). The predicted molar refractivity (Wildman–Crippen MR) is 134 cm³/mol. The Hall–Kier alpha value is -4.71. The molecule has 0 aromatic heterocycles. The average Bonchev–Trinajstić information content (AvgIpc) is 2.85. The van der Waals surface area contributed by atoms with Crippen molar-refractivity contribution in [1.29, 1.82) is 0 Å². The van der Waals surface area contributed by atoms with Crippen LogP contribution in [0.2, 0.25) is 0 Å². The summed E-state index contributed by atoms with van der Waals surface area (Å²) in [5.41, 5.74) is -0.221. The summed E-state index contributed by atoms with van der Waals surface area (Å²) in [5, 5.41) is 27.1. The molecule has 0 atom stereocenters. The van der Waals surface area contributed by atoms with Gasteiger partial charge in [0.1, 0.15) is 0 Å². The van der Waals surface area contributed by atoms with E-state index in [9.17, 15) is 29.8 Å². The second kappa shape index (κ2) is 10.9. The number of nitro benzene ring substituents is 2. The number of rotatable bonds is 7. The van der Waals surface area contributed by atoms with Crippen molar-refractivity contribution >= 4 is 51.9 Å². The Morgan fingerprint density at radius 2 is 1.49 bits per heavy atom. The summed E-state index contributed by atoms with van der Waals surface area (Å²) in [6.45, 7) is 2.24. The molecule has 3 rings (SSSR count). The zero-order chi connectivity index (χ0) is 25.5. The lowest BCUT2D eigenvalue weighted by Gasteiger charge is -2.22. The maximum absolute atomic E-state index is 13.3. The summed E-state index contributed by atoms with van der Waals surface area (Å²) >= 11 is 5.18. The Morgan fingerprint density at radius 1 is 0.914 bits per heavy atom. The number of anilines is 2. The SMILES string of the molecule is CCN(C(=O)c1ccccc1NC(=S)NC(=O)c1cc([N+](=O)[O-])cc([N+](=O)[O-])c1)c1ccccc1. The molecule has 0 saturated carbocycles. The van der Waals surface area contributed by atoms with Gasteiger partial charge in [-0.3, -0.25) is 35.1 Å². The van der Waals surface area contributed by atoms with Crippen molar-refractivity contribution < 1.29 is 19.4 Å². The largest absolute Gasteiger partial charge is 0.332 e. The van der Waals surface area contributed by atoms with Gasteiger partial charge in [-0.1, -0.05) is 30.3 Å². The van der Waals surface area contributed by atoms with Gasteiger partial charge in [0, 0.05) is 24.4 Å². The van der Waals surface area contributed by atoms with Gasteiger partial charge in [-0.05, 0) is 43.4 Å². The molecule has 0 aliphatic heterocycles. The molecule has 0 saturated heterocycles. The molecule has 3 aromatic rings. The normalized spacial score (nSPS) is 10.2. The Bertz CT molecular complexity index is 1280. The summed E-state index contributed by atoms with van der Waals surface area (Å²) in [4.78, 5) is 47.9. The summed E-state index contributed by atoms with van der Waals surface area (Å²) < 4.78 is 0. The molecule has 0 heterocycles. The lowest BCUT2D eigenvalue weighted by Crippen LogP contribution is -2.36. The van der Waals surface area contributed by atoms with E-state index in [1.807, 2.05) is 25.1 Å². The first-order valence-corrected chi connectivity index (χ1v) is 10.6. The Morgan fingerprint density at radius 3 is 2.06 bits per heavy atom. The van der Waals surface area contributed by atoms with E-state index >= 15 is 0 Å². The van der Waals surface area contributed by atoms with Crippen LogP contribution >= 0.6 is 12.2 Å². The third-order valence-electron chi connectivity index (χ3n) is 4.85. The van der Waals surface area contributed by atoms with E-state index in [2.05, 4.69) is 10.6 Å². The van der Waals surface area contributed by atoms with Gasteiger partial charge in [-0.2, -0.15) is 0 Å². The molecule has 12 heteroatoms. The summed E-state index contributed by atoms with van der Waals surface area (Å²) in [5.74, 6) is -1.19. The molecular formula is C23H19N5O6S. The molecule has 0 radical (unpaired) electrons. The van der Waals surface area contributed by atoms with Crippen LogP contribution in [0.25, 0.3) is 0 Å². The monoisotopic (exact) mass is 493 g/mol. The second-order valence-electron chi connectivity index (χ2n) is 7.09. The highest BCUT2D eigenvalue weighted by Gasteiger charge is 2.22. The first-order chi connectivity index (χ1) is 16.7. The third-order valence-corrected chi connectivity index (χ3v) is 5.05. The molecule has 0 aliphatic rings. The maximum atomic E-state index is 13.3. The van der Waals surface area contributed by atoms with E-state index in [-0.39, 0.29) is 16.6 Å². The average molecular weight is 494 g/mol. The molecule has 35 heavy (non-hydrogen) atoms. The number of thiocarbonyl (C=S) groups is 1. The van der Waals surface area contributed by atoms with Gasteiger partial charge in [0.15, 0.2) is 5.11 Å². The number of hydrogen-bond acceptors (Lipinski definition) is 7. The van der Waals surface area contributed by atoms with Crippen LogP contribution in [0.1, 0.15) is 27.6 Å². The van der Waals surface area contributed by atoms with Crippen molar-refractivity contribution in [3.05, 3.63) is 104 Å². The quantitative estimate of drug-likeness (QED) is 0.281. The van der Waals surface area contributed by atoms with Gasteiger partial charge in [-0.25, -0.2) is 0 Å². The van der Waals surface area contributed by atoms with E-state index in [1.165, 1.54) is 0 Å². The zero-order valence-corrected chi connectivity index (χ0v) is 19.2. The minimum Gasteiger partial charge on any atom is -0.332 e. The number of benzene rings is 3. The van der Waals surface area contributed by atoms with Gasteiger partial charge in [0.2, 0.25) is 0 Å². The van der Waals surface area contributed by atoms with E-state index in [4.69, 9.17) is 12.2 Å². The van der Waals surface area contributed by atoms with Crippen LogP contribution in [-0.4, -0.2) is 33.3 Å². The summed E-state index contributed by atoms with van der Waals surface area (Å²) in [7, 11) is 0. The molecule has 3 aromatic carbocycles. The number of nitrogens with zero attached hydrogens (tertiary/aromatic N) is 3. The van der Waals surface area contributed by atoms with Gasteiger partial charge in [0.05, 0.1) is 32.7 Å². The van der Waals surface area contributed by atoms with Gasteiger partial charge in [0.25, 0.3) is 23.2 Å². The zero-order valence-electron chi connectivity index (χ0n) is 18.3. The van der Waals surface area contributed by atoms with Gasteiger partial charge < -0.3 is 10.2 Å². The molecule has 0 spiro atoms. The Kier molecular flexibility index (Phi) is 7.79. The van der Waals surface area contributed by atoms with Crippen LogP contribution in [0.4, 0.5) is 22.7 Å². The molecule has 0 aliphatic carbocycles. The topological polar surface area (TPSA) is 148 Å². The smallest absolute Gasteiger partial charge is 0.277 e. The number of hydrogen-bond donors (Lipinski definition) is 2. The van der Waals surface area contributed by atoms with Crippen LogP contribution in [0.15, 0.2) is 72.8 Å². The van der Waals surface area contributed by atoms with Crippen molar-refractivity contribution in [2.45, 2.75) is 6.92 Å². The molecule has 0 bridgehead atoms. The van der Waals surface area contributed by atoms with Crippen molar-refractivity contribution in [3.8, 4) is 0 Å². The lowest BCUT2D eigenvalue weighted by atomic mass is 10.1. The summed E-state index contributed by atoms with van der Waals surface area (Å²) in [6, 6.07) is 18.2. The van der Waals surface area contributed by atoms with Crippen LogP contribution in [0, 0.1) is 20.2 Å². The fourth-order valence-corrected chi connectivity index (χ4v) is 3.44. The summed E-state index contributed by atoms with van der Waals surface area (Å²) in [6.07, 6.45) is 0. The van der Waals surface area contributed by atoms with Crippen LogP contribution in [0.5, 0.6) is 0 Å². The highest BCUT2D eigenvalue weighted by molar-refractivity contribution is 7.80. The second-order valence-corrected chi connectivity index (χ2v) is 7.50. The number of carbonyl (C=O) groups is 2. The molecule has 2 amide bonds. The fraction of sp³-hybridized carbons (Fsp3) is 0.0870. The molecule has 2 N–H and O–H groups in total. The van der Waals surface area contributed by atoms with Crippen LogP contribution in [-0.2, 0) is 0 Å². The first kappa shape index (κ1) is 24.9. The Labute approximate surface area is 204 Å². The van der Waals surface area contributed by atoms with Crippen LogP contribution < -0.4 is 15.5 Å². The Balaban J connectivity index is 1.81. The third kappa shape index (κ3) is 6.00. The van der Waals surface area contributed by atoms with Gasteiger partial charge >= 0.3 is 0 Å². The van der Waals surface area contributed by atoms with E-state index in [1.54, 1.807) is 41.3 Å². The van der Waals surface area contributed by atoms with E-state index in [0.717, 1.165) is 18.2 Å². The number of amides is 2.